The van der Waals surface area contributed by atoms with E-state index in [9.17, 15) is 13.2 Å². The highest BCUT2D eigenvalue weighted by molar-refractivity contribution is 5.37. The Balaban J connectivity index is 3.20. The Kier molecular flexibility index (Phi) is 3.51. The van der Waals surface area contributed by atoms with E-state index in [-0.39, 0.29) is 11.1 Å². The fraction of sp³-hybridized carbons (Fsp3) is 0.462. The summed E-state index contributed by atoms with van der Waals surface area (Å²) in [5.74, 6) is 5.58. The lowest BCUT2D eigenvalue weighted by Crippen LogP contribution is -2.09. The van der Waals surface area contributed by atoms with Gasteiger partial charge < -0.3 is 0 Å². The van der Waals surface area contributed by atoms with Crippen molar-refractivity contribution in [1.82, 2.24) is 4.98 Å². The zero-order valence-corrected chi connectivity index (χ0v) is 10.2. The first-order valence-electron chi connectivity index (χ1n) is 5.17. The van der Waals surface area contributed by atoms with E-state index >= 15 is 0 Å². The summed E-state index contributed by atoms with van der Waals surface area (Å²) < 4.78 is 37.4. The monoisotopic (exact) mass is 241 g/mol. The molecule has 0 unspecified atom stereocenters. The van der Waals surface area contributed by atoms with Crippen LogP contribution < -0.4 is 0 Å². The molecule has 4 heteroatoms. The topological polar surface area (TPSA) is 12.9 Å². The molecule has 0 saturated heterocycles. The van der Waals surface area contributed by atoms with Crippen molar-refractivity contribution in [2.75, 3.05) is 0 Å². The van der Waals surface area contributed by atoms with Crippen molar-refractivity contribution < 1.29 is 13.2 Å². The minimum Gasteiger partial charge on any atom is -0.235 e. The summed E-state index contributed by atoms with van der Waals surface area (Å²) in [6, 6.07) is 2.36. The summed E-state index contributed by atoms with van der Waals surface area (Å²) >= 11 is 0. The van der Waals surface area contributed by atoms with Gasteiger partial charge in [-0.15, -0.1) is 0 Å². The van der Waals surface area contributed by atoms with Crippen molar-refractivity contribution in [2.24, 2.45) is 5.41 Å². The molecule has 1 aromatic heterocycles. The molecule has 0 aliphatic carbocycles. The smallest absolute Gasteiger partial charge is 0.235 e. The fourth-order valence-electron chi connectivity index (χ4n) is 1.06. The van der Waals surface area contributed by atoms with E-state index in [0.29, 0.717) is 5.56 Å². The Morgan fingerprint density at radius 3 is 2.18 bits per heavy atom. The number of aromatic nitrogens is 1. The molecular weight excluding hydrogens is 227 g/mol. The highest BCUT2D eigenvalue weighted by Crippen LogP contribution is 2.28. The predicted octanol–water partition coefficient (Wildman–Crippen LogP) is 3.81. The molecule has 0 spiro atoms. The second kappa shape index (κ2) is 4.40. The third kappa shape index (κ3) is 4.10. The lowest BCUT2D eigenvalue weighted by atomic mass is 9.97. The normalized spacial score (nSPS) is 11.9. The summed E-state index contributed by atoms with van der Waals surface area (Å²) in [7, 11) is 0. The third-order valence-electron chi connectivity index (χ3n) is 1.94. The number of aryl methyl sites for hydroxylation is 1. The van der Waals surface area contributed by atoms with Crippen molar-refractivity contribution >= 4 is 0 Å². The molecule has 0 saturated carbocycles. The maximum Gasteiger partial charge on any atom is 0.433 e. The van der Waals surface area contributed by atoms with E-state index in [1.54, 1.807) is 6.92 Å². The van der Waals surface area contributed by atoms with Gasteiger partial charge in [0.2, 0.25) is 0 Å². The molecule has 0 fully saturated rings. The summed E-state index contributed by atoms with van der Waals surface area (Å²) in [5.41, 5.74) is -0.326. The maximum absolute atomic E-state index is 12.5. The number of pyridine rings is 1. The number of hydrogen-bond acceptors (Lipinski definition) is 1. The Bertz CT molecular complexity index is 470. The second-order valence-corrected chi connectivity index (χ2v) is 4.86. The van der Waals surface area contributed by atoms with E-state index in [1.165, 1.54) is 6.07 Å². The molecule has 0 aliphatic heterocycles. The van der Waals surface area contributed by atoms with Crippen LogP contribution >= 0.6 is 0 Å². The van der Waals surface area contributed by atoms with Crippen molar-refractivity contribution in [3.63, 3.8) is 0 Å². The molecular formula is C13H14F3N. The van der Waals surface area contributed by atoms with Gasteiger partial charge in [0.1, 0.15) is 11.4 Å². The van der Waals surface area contributed by atoms with Gasteiger partial charge in [-0.2, -0.15) is 13.2 Å². The van der Waals surface area contributed by atoms with Crippen LogP contribution in [0.5, 0.6) is 0 Å². The Morgan fingerprint density at radius 2 is 1.71 bits per heavy atom. The number of nitrogens with zero attached hydrogens (tertiary/aromatic N) is 1. The molecule has 1 nitrogen and oxygen atoms in total. The molecule has 1 aromatic rings. The van der Waals surface area contributed by atoms with Crippen molar-refractivity contribution in [1.29, 1.82) is 0 Å². The van der Waals surface area contributed by atoms with Crippen LogP contribution in [0.4, 0.5) is 13.2 Å². The number of alkyl halides is 3. The second-order valence-electron chi connectivity index (χ2n) is 4.86. The van der Waals surface area contributed by atoms with E-state index in [2.05, 4.69) is 16.8 Å². The molecule has 0 N–H and O–H groups in total. The maximum atomic E-state index is 12.5. The highest BCUT2D eigenvalue weighted by Gasteiger charge is 2.32. The zero-order chi connectivity index (χ0) is 13.3. The molecule has 0 radical (unpaired) electrons. The van der Waals surface area contributed by atoms with Crippen LogP contribution in [0.2, 0.25) is 0 Å². The third-order valence-corrected chi connectivity index (χ3v) is 1.94. The van der Waals surface area contributed by atoms with E-state index in [1.807, 2.05) is 20.8 Å². The van der Waals surface area contributed by atoms with Crippen LogP contribution in [-0.2, 0) is 6.18 Å². The van der Waals surface area contributed by atoms with Crippen LogP contribution in [0.25, 0.3) is 0 Å². The fourth-order valence-corrected chi connectivity index (χ4v) is 1.06. The lowest BCUT2D eigenvalue weighted by Gasteiger charge is -2.09. The summed E-state index contributed by atoms with van der Waals surface area (Å²) in [4.78, 5) is 3.55. The van der Waals surface area contributed by atoms with E-state index in [4.69, 9.17) is 0 Å². The van der Waals surface area contributed by atoms with Gasteiger partial charge in [-0.25, -0.2) is 4.98 Å². The van der Waals surface area contributed by atoms with Crippen LogP contribution in [0, 0.1) is 24.2 Å². The van der Waals surface area contributed by atoms with Gasteiger partial charge in [0.05, 0.1) is 0 Å². The molecule has 1 heterocycles. The largest absolute Gasteiger partial charge is 0.433 e. The minimum atomic E-state index is -4.42. The Labute approximate surface area is 99.1 Å². The molecule has 0 amide bonds. The van der Waals surface area contributed by atoms with E-state index < -0.39 is 11.9 Å². The van der Waals surface area contributed by atoms with Gasteiger partial charge in [0, 0.05) is 5.41 Å². The molecule has 0 aromatic carbocycles. The predicted molar refractivity (Wildman–Crippen MR) is 60.3 cm³/mol. The average Bonchev–Trinajstić information content (AvgIpc) is 2.13. The van der Waals surface area contributed by atoms with Crippen molar-refractivity contribution in [3.8, 4) is 11.8 Å². The minimum absolute atomic E-state index is 0.190. The van der Waals surface area contributed by atoms with Gasteiger partial charge in [0.15, 0.2) is 0 Å². The number of halogens is 3. The van der Waals surface area contributed by atoms with Gasteiger partial charge in [-0.3, -0.25) is 0 Å². The molecule has 0 aliphatic rings. The quantitative estimate of drug-likeness (QED) is 0.629. The van der Waals surface area contributed by atoms with Gasteiger partial charge in [-0.1, -0.05) is 12.0 Å². The molecule has 1 rings (SSSR count). The Morgan fingerprint density at radius 1 is 1.12 bits per heavy atom. The van der Waals surface area contributed by atoms with Crippen molar-refractivity contribution in [3.05, 3.63) is 29.1 Å². The van der Waals surface area contributed by atoms with Gasteiger partial charge in [0.25, 0.3) is 0 Å². The number of hydrogen-bond donors (Lipinski definition) is 0. The molecule has 92 valence electrons. The summed E-state index contributed by atoms with van der Waals surface area (Å²) in [5, 5.41) is 0. The first-order valence-corrected chi connectivity index (χ1v) is 5.17. The highest BCUT2D eigenvalue weighted by atomic mass is 19.4. The van der Waals surface area contributed by atoms with Gasteiger partial charge >= 0.3 is 6.18 Å². The standard InChI is InChI=1S/C13H14F3N/c1-9-5-6-11(13(14,15)16)17-10(9)7-8-12(2,3)4/h5-6H,1-4H3. The van der Waals surface area contributed by atoms with Crippen LogP contribution in [0.1, 0.15) is 37.7 Å². The average molecular weight is 241 g/mol. The molecule has 0 bridgehead atoms. The van der Waals surface area contributed by atoms with Crippen LogP contribution in [0.3, 0.4) is 0 Å². The molecule has 17 heavy (non-hydrogen) atoms. The summed E-state index contributed by atoms with van der Waals surface area (Å²) in [6.07, 6.45) is -4.42. The SMILES string of the molecule is Cc1ccc(C(F)(F)F)nc1C#CC(C)(C)C. The zero-order valence-electron chi connectivity index (χ0n) is 10.2. The van der Waals surface area contributed by atoms with Crippen molar-refractivity contribution in [2.45, 2.75) is 33.9 Å². The first kappa shape index (κ1) is 13.6. The van der Waals surface area contributed by atoms with Crippen LogP contribution in [0.15, 0.2) is 12.1 Å². The van der Waals surface area contributed by atoms with Crippen LogP contribution in [-0.4, -0.2) is 4.98 Å². The Hall–Kier alpha value is -1.50. The first-order chi connectivity index (χ1) is 7.59. The lowest BCUT2D eigenvalue weighted by molar-refractivity contribution is -0.141. The van der Waals surface area contributed by atoms with Gasteiger partial charge in [-0.05, 0) is 45.2 Å². The summed E-state index contributed by atoms with van der Waals surface area (Å²) in [6.45, 7) is 7.37. The van der Waals surface area contributed by atoms with E-state index in [0.717, 1.165) is 6.07 Å². The molecule has 0 atom stereocenters. The number of rotatable bonds is 0.